The molecule has 138 valence electrons. The van der Waals surface area contributed by atoms with Crippen molar-refractivity contribution in [2.24, 2.45) is 0 Å². The van der Waals surface area contributed by atoms with E-state index in [1.165, 1.54) is 11.8 Å². The number of methoxy groups -OCH3 is 2. The summed E-state index contributed by atoms with van der Waals surface area (Å²) < 4.78 is 10.9. The van der Waals surface area contributed by atoms with E-state index in [0.29, 0.717) is 22.0 Å². The molecule has 6 nitrogen and oxygen atoms in total. The Morgan fingerprint density at radius 1 is 1.00 bits per heavy atom. The Morgan fingerprint density at radius 3 is 2.37 bits per heavy atom. The van der Waals surface area contributed by atoms with Gasteiger partial charge in [-0.15, -0.1) is 11.8 Å². The number of benzene rings is 1. The van der Waals surface area contributed by atoms with Crippen LogP contribution in [0.5, 0.6) is 11.5 Å². The first-order chi connectivity index (χ1) is 13.2. The molecule has 0 saturated carbocycles. The van der Waals surface area contributed by atoms with E-state index in [-0.39, 0.29) is 5.91 Å². The fraction of sp³-hybridized carbons (Fsp3) is 0.150. The highest BCUT2D eigenvalue weighted by Gasteiger charge is 2.16. The number of carbonyl (C=O) groups excluding carboxylic acids is 1. The van der Waals surface area contributed by atoms with Crippen LogP contribution >= 0.6 is 11.8 Å². The Hall–Kier alpha value is -3.06. The highest BCUT2D eigenvalue weighted by atomic mass is 32.2. The van der Waals surface area contributed by atoms with Gasteiger partial charge in [0.25, 0.3) is 5.91 Å². The number of pyridine rings is 2. The molecule has 3 rings (SSSR count). The van der Waals surface area contributed by atoms with Crippen LogP contribution in [-0.4, -0.2) is 30.1 Å². The molecular formula is C20H19N3O3S. The standard InChI is InChI=1S/C20H19N3O3S/c1-25-17-6-3-7-18(26-2)16(17)13-27-20-15(5-4-10-22-20)19(24)23-14-8-11-21-12-9-14/h3-12H,13H2,1-2H3,(H,21,23,24). The minimum absolute atomic E-state index is 0.219. The Bertz CT molecular complexity index is 897. The molecule has 3 aromatic rings. The Balaban J connectivity index is 1.80. The number of rotatable bonds is 7. The third-order valence-electron chi connectivity index (χ3n) is 3.84. The van der Waals surface area contributed by atoms with Crippen LogP contribution in [0.2, 0.25) is 0 Å². The number of carbonyl (C=O) groups is 1. The topological polar surface area (TPSA) is 73.3 Å². The molecule has 7 heteroatoms. The highest BCUT2D eigenvalue weighted by Crippen LogP contribution is 2.34. The third-order valence-corrected chi connectivity index (χ3v) is 4.87. The van der Waals surface area contributed by atoms with Crippen LogP contribution in [0.3, 0.4) is 0 Å². The number of nitrogens with one attached hydrogen (secondary N) is 1. The van der Waals surface area contributed by atoms with Gasteiger partial charge >= 0.3 is 0 Å². The van der Waals surface area contributed by atoms with Crippen LogP contribution in [0.1, 0.15) is 15.9 Å². The van der Waals surface area contributed by atoms with Crippen molar-refractivity contribution in [3.8, 4) is 11.5 Å². The van der Waals surface area contributed by atoms with E-state index in [9.17, 15) is 4.79 Å². The quantitative estimate of drug-likeness (QED) is 0.623. The summed E-state index contributed by atoms with van der Waals surface area (Å²) in [7, 11) is 3.24. The number of aromatic nitrogens is 2. The fourth-order valence-corrected chi connectivity index (χ4v) is 3.54. The van der Waals surface area contributed by atoms with Crippen molar-refractivity contribution >= 4 is 23.4 Å². The molecule has 0 fully saturated rings. The molecular weight excluding hydrogens is 362 g/mol. The van der Waals surface area contributed by atoms with Crippen LogP contribution in [0.15, 0.2) is 66.1 Å². The normalized spacial score (nSPS) is 10.3. The van der Waals surface area contributed by atoms with Crippen molar-refractivity contribution in [2.45, 2.75) is 10.8 Å². The summed E-state index contributed by atoms with van der Waals surface area (Å²) in [6.07, 6.45) is 4.93. The maximum Gasteiger partial charge on any atom is 0.258 e. The summed E-state index contributed by atoms with van der Waals surface area (Å²) in [5.74, 6) is 1.81. The number of anilines is 1. The lowest BCUT2D eigenvalue weighted by Gasteiger charge is -2.13. The van der Waals surface area contributed by atoms with Gasteiger partial charge in [-0.25, -0.2) is 4.98 Å². The summed E-state index contributed by atoms with van der Waals surface area (Å²) in [6.45, 7) is 0. The van der Waals surface area contributed by atoms with Gasteiger partial charge in [-0.3, -0.25) is 9.78 Å². The molecule has 0 aliphatic heterocycles. The molecule has 0 aliphatic carbocycles. The number of hydrogen-bond donors (Lipinski definition) is 1. The number of amides is 1. The first kappa shape index (κ1) is 18.7. The zero-order valence-electron chi connectivity index (χ0n) is 15.0. The molecule has 2 aromatic heterocycles. The van der Waals surface area contributed by atoms with Crippen molar-refractivity contribution in [2.75, 3.05) is 19.5 Å². The molecule has 0 unspecified atom stereocenters. The van der Waals surface area contributed by atoms with Crippen LogP contribution < -0.4 is 14.8 Å². The minimum Gasteiger partial charge on any atom is -0.496 e. The van der Waals surface area contributed by atoms with Gasteiger partial charge in [0.2, 0.25) is 0 Å². The lowest BCUT2D eigenvalue weighted by Crippen LogP contribution is -2.13. The molecule has 1 aromatic carbocycles. The summed E-state index contributed by atoms with van der Waals surface area (Å²) in [4.78, 5) is 21.0. The van der Waals surface area contributed by atoms with E-state index in [0.717, 1.165) is 17.1 Å². The van der Waals surface area contributed by atoms with E-state index in [1.54, 1.807) is 57.1 Å². The number of ether oxygens (including phenoxy) is 2. The average Bonchev–Trinajstić information content (AvgIpc) is 2.72. The first-order valence-electron chi connectivity index (χ1n) is 8.22. The van der Waals surface area contributed by atoms with E-state index >= 15 is 0 Å². The number of hydrogen-bond acceptors (Lipinski definition) is 6. The third kappa shape index (κ3) is 4.57. The highest BCUT2D eigenvalue weighted by molar-refractivity contribution is 7.98. The maximum absolute atomic E-state index is 12.7. The second kappa shape index (κ2) is 9.05. The Morgan fingerprint density at radius 2 is 1.70 bits per heavy atom. The van der Waals surface area contributed by atoms with Gasteiger partial charge < -0.3 is 14.8 Å². The zero-order chi connectivity index (χ0) is 19.1. The van der Waals surface area contributed by atoms with Gasteiger partial charge in [-0.1, -0.05) is 6.07 Å². The van der Waals surface area contributed by atoms with E-state index in [2.05, 4.69) is 15.3 Å². The smallest absolute Gasteiger partial charge is 0.258 e. The molecule has 0 radical (unpaired) electrons. The molecule has 0 aliphatic rings. The minimum atomic E-state index is -0.219. The average molecular weight is 381 g/mol. The van der Waals surface area contributed by atoms with Crippen molar-refractivity contribution in [1.29, 1.82) is 0 Å². The lowest BCUT2D eigenvalue weighted by atomic mass is 10.2. The molecule has 1 amide bonds. The van der Waals surface area contributed by atoms with Gasteiger partial charge in [0, 0.05) is 35.6 Å². The van der Waals surface area contributed by atoms with Crippen molar-refractivity contribution in [1.82, 2.24) is 9.97 Å². The summed E-state index contributed by atoms with van der Waals surface area (Å²) in [5.41, 5.74) is 2.10. The van der Waals surface area contributed by atoms with Crippen LogP contribution in [0.25, 0.3) is 0 Å². The fourth-order valence-electron chi connectivity index (χ4n) is 2.52. The van der Waals surface area contributed by atoms with Gasteiger partial charge in [-0.05, 0) is 36.4 Å². The molecule has 0 bridgehead atoms. The molecule has 27 heavy (non-hydrogen) atoms. The van der Waals surface area contributed by atoms with Crippen LogP contribution in [0.4, 0.5) is 5.69 Å². The predicted octanol–water partition coefficient (Wildman–Crippen LogP) is 4.04. The van der Waals surface area contributed by atoms with E-state index in [4.69, 9.17) is 9.47 Å². The lowest BCUT2D eigenvalue weighted by molar-refractivity contribution is 0.102. The summed E-state index contributed by atoms with van der Waals surface area (Å²) in [5, 5.41) is 3.50. The molecule has 0 atom stereocenters. The van der Waals surface area contributed by atoms with Gasteiger partial charge in [0.05, 0.1) is 19.8 Å². The van der Waals surface area contributed by atoms with Crippen molar-refractivity contribution in [3.63, 3.8) is 0 Å². The predicted molar refractivity (Wildman–Crippen MR) is 106 cm³/mol. The maximum atomic E-state index is 12.7. The first-order valence-corrected chi connectivity index (χ1v) is 9.20. The Kier molecular flexibility index (Phi) is 6.27. The van der Waals surface area contributed by atoms with Crippen molar-refractivity contribution in [3.05, 3.63) is 72.2 Å². The molecule has 2 heterocycles. The largest absolute Gasteiger partial charge is 0.496 e. The van der Waals surface area contributed by atoms with Crippen LogP contribution in [-0.2, 0) is 5.75 Å². The summed E-state index contributed by atoms with van der Waals surface area (Å²) in [6, 6.07) is 12.6. The second-order valence-electron chi connectivity index (χ2n) is 5.48. The number of thioether (sulfide) groups is 1. The zero-order valence-corrected chi connectivity index (χ0v) is 15.8. The van der Waals surface area contributed by atoms with E-state index < -0.39 is 0 Å². The monoisotopic (exact) mass is 381 g/mol. The molecule has 1 N–H and O–H groups in total. The number of nitrogens with zero attached hydrogens (tertiary/aromatic N) is 2. The SMILES string of the molecule is COc1cccc(OC)c1CSc1ncccc1C(=O)Nc1ccncc1. The second-order valence-corrected chi connectivity index (χ2v) is 6.44. The van der Waals surface area contributed by atoms with Gasteiger partial charge in [0.15, 0.2) is 0 Å². The summed E-state index contributed by atoms with van der Waals surface area (Å²) >= 11 is 1.45. The van der Waals surface area contributed by atoms with Crippen molar-refractivity contribution < 1.29 is 14.3 Å². The molecule has 0 spiro atoms. The van der Waals surface area contributed by atoms with Crippen LogP contribution in [0, 0.1) is 0 Å². The molecule has 0 saturated heterocycles. The van der Waals surface area contributed by atoms with Gasteiger partial charge in [-0.2, -0.15) is 0 Å². The Labute approximate surface area is 162 Å². The van der Waals surface area contributed by atoms with Gasteiger partial charge in [0.1, 0.15) is 16.5 Å². The van der Waals surface area contributed by atoms with E-state index in [1.807, 2.05) is 18.2 Å².